The first-order chi connectivity index (χ1) is 7.16. The zero-order valence-corrected chi connectivity index (χ0v) is 11.0. The lowest BCUT2D eigenvalue weighted by molar-refractivity contribution is -0.124. The summed E-state index contributed by atoms with van der Waals surface area (Å²) in [7, 11) is 0. The Hall–Kier alpha value is -0.550. The molecule has 0 aromatic heterocycles. The van der Waals surface area contributed by atoms with Gasteiger partial charge in [0.1, 0.15) is 5.75 Å². The van der Waals surface area contributed by atoms with E-state index in [0.29, 0.717) is 12.3 Å². The minimum absolute atomic E-state index is 0.0372. The van der Waals surface area contributed by atoms with Gasteiger partial charge in [0.15, 0.2) is 6.10 Å². The van der Waals surface area contributed by atoms with Gasteiger partial charge in [-0.3, -0.25) is 4.79 Å². The van der Waals surface area contributed by atoms with Gasteiger partial charge in [0.2, 0.25) is 0 Å². The summed E-state index contributed by atoms with van der Waals surface area (Å²) in [5, 5.41) is 2.73. The molecule has 1 saturated heterocycles. The fourth-order valence-electron chi connectivity index (χ4n) is 1.41. The summed E-state index contributed by atoms with van der Waals surface area (Å²) in [5.41, 5.74) is 0. The summed E-state index contributed by atoms with van der Waals surface area (Å²) in [5.74, 6) is 0.657. The molecule has 0 aliphatic carbocycles. The Bertz CT molecular complexity index is 395. The predicted molar refractivity (Wildman–Crippen MR) is 63.9 cm³/mol. The van der Waals surface area contributed by atoms with E-state index >= 15 is 0 Å². The molecule has 1 atom stereocenters. The molecular weight excluding hydrogens is 326 g/mol. The lowest BCUT2D eigenvalue weighted by Crippen LogP contribution is -2.27. The number of rotatable bonds is 2. The molecule has 5 heteroatoms. The summed E-state index contributed by atoms with van der Waals surface area (Å²) in [6.07, 6.45) is 0.365. The van der Waals surface area contributed by atoms with Crippen LogP contribution in [0.2, 0.25) is 0 Å². The highest BCUT2D eigenvalue weighted by Gasteiger charge is 2.26. The van der Waals surface area contributed by atoms with Gasteiger partial charge in [-0.1, -0.05) is 15.9 Å². The molecule has 0 bridgehead atoms. The third-order valence-electron chi connectivity index (χ3n) is 2.16. The van der Waals surface area contributed by atoms with E-state index in [1.165, 1.54) is 0 Å². The van der Waals surface area contributed by atoms with Crippen molar-refractivity contribution in [2.75, 3.05) is 6.54 Å². The number of hydrogen-bond acceptors (Lipinski definition) is 2. The Morgan fingerprint density at radius 3 is 2.80 bits per heavy atom. The van der Waals surface area contributed by atoms with Crippen LogP contribution in [0.1, 0.15) is 6.42 Å². The van der Waals surface area contributed by atoms with Crippen LogP contribution >= 0.6 is 31.9 Å². The maximum absolute atomic E-state index is 11.3. The van der Waals surface area contributed by atoms with Crippen LogP contribution in [0.25, 0.3) is 0 Å². The number of halogens is 2. The minimum Gasteiger partial charge on any atom is -0.479 e. The first-order valence-corrected chi connectivity index (χ1v) is 6.15. The van der Waals surface area contributed by atoms with E-state index in [-0.39, 0.29) is 12.0 Å². The summed E-state index contributed by atoms with van der Waals surface area (Å²) in [6, 6.07) is 5.61. The Labute approximate surface area is 104 Å². The number of carbonyl (C=O) groups excluding carboxylic acids is 1. The molecule has 1 amide bonds. The smallest absolute Gasteiger partial charge is 0.261 e. The van der Waals surface area contributed by atoms with Crippen LogP contribution in [0.15, 0.2) is 27.1 Å². The van der Waals surface area contributed by atoms with Gasteiger partial charge < -0.3 is 10.1 Å². The Morgan fingerprint density at radius 2 is 2.20 bits per heavy atom. The van der Waals surface area contributed by atoms with E-state index in [1.807, 2.05) is 18.2 Å². The normalized spacial score (nSPS) is 20.1. The third kappa shape index (κ3) is 2.52. The highest BCUT2D eigenvalue weighted by Crippen LogP contribution is 2.29. The standard InChI is InChI=1S/C10H9Br2NO2/c11-6-1-2-8(7(12)5-6)15-9-3-4-13-10(9)14/h1-2,5,9H,3-4H2,(H,13,14)/t9-/m1/s1. The van der Waals surface area contributed by atoms with Crippen LogP contribution in [-0.2, 0) is 4.79 Å². The number of nitrogens with one attached hydrogen (secondary N) is 1. The summed E-state index contributed by atoms with van der Waals surface area (Å²) >= 11 is 6.74. The van der Waals surface area contributed by atoms with Gasteiger partial charge in [-0.15, -0.1) is 0 Å². The van der Waals surface area contributed by atoms with Crippen LogP contribution in [0.3, 0.4) is 0 Å². The Kier molecular flexibility index (Phi) is 3.31. The second kappa shape index (κ2) is 4.53. The zero-order chi connectivity index (χ0) is 10.8. The fourth-order valence-corrected chi connectivity index (χ4v) is 2.55. The molecule has 1 aliphatic heterocycles. The van der Waals surface area contributed by atoms with E-state index in [9.17, 15) is 4.79 Å². The zero-order valence-electron chi connectivity index (χ0n) is 7.80. The molecule has 15 heavy (non-hydrogen) atoms. The molecule has 2 rings (SSSR count). The van der Waals surface area contributed by atoms with Gasteiger partial charge in [0, 0.05) is 17.4 Å². The van der Waals surface area contributed by atoms with Crippen molar-refractivity contribution in [3.8, 4) is 5.75 Å². The van der Waals surface area contributed by atoms with E-state index in [0.717, 1.165) is 15.4 Å². The van der Waals surface area contributed by atoms with Crippen LogP contribution < -0.4 is 10.1 Å². The van der Waals surface area contributed by atoms with Crippen molar-refractivity contribution < 1.29 is 9.53 Å². The monoisotopic (exact) mass is 333 g/mol. The van der Waals surface area contributed by atoms with Crippen molar-refractivity contribution in [3.05, 3.63) is 27.1 Å². The highest BCUT2D eigenvalue weighted by atomic mass is 79.9. The van der Waals surface area contributed by atoms with E-state index in [1.54, 1.807) is 0 Å². The van der Waals surface area contributed by atoms with Crippen LogP contribution in [0, 0.1) is 0 Å². The third-order valence-corrected chi connectivity index (χ3v) is 3.27. The Morgan fingerprint density at radius 1 is 1.40 bits per heavy atom. The molecule has 1 N–H and O–H groups in total. The maximum atomic E-state index is 11.3. The highest BCUT2D eigenvalue weighted by molar-refractivity contribution is 9.11. The molecule has 1 aliphatic rings. The van der Waals surface area contributed by atoms with Crippen molar-refractivity contribution in [2.24, 2.45) is 0 Å². The van der Waals surface area contributed by atoms with Gasteiger partial charge in [-0.05, 0) is 34.1 Å². The quantitative estimate of drug-likeness (QED) is 0.902. The number of amides is 1. The molecule has 80 valence electrons. The SMILES string of the molecule is O=C1NCC[C@H]1Oc1ccc(Br)cc1Br. The molecular formula is C10H9Br2NO2. The average molecular weight is 335 g/mol. The van der Waals surface area contributed by atoms with E-state index in [2.05, 4.69) is 37.2 Å². The number of ether oxygens (including phenoxy) is 1. The van der Waals surface area contributed by atoms with Crippen molar-refractivity contribution >= 4 is 37.8 Å². The molecule has 0 saturated carbocycles. The number of hydrogen-bond donors (Lipinski definition) is 1. The molecule has 3 nitrogen and oxygen atoms in total. The van der Waals surface area contributed by atoms with Gasteiger partial charge in [-0.2, -0.15) is 0 Å². The topological polar surface area (TPSA) is 38.3 Å². The largest absolute Gasteiger partial charge is 0.479 e. The maximum Gasteiger partial charge on any atom is 0.261 e. The van der Waals surface area contributed by atoms with Crippen molar-refractivity contribution in [3.63, 3.8) is 0 Å². The molecule has 0 spiro atoms. The predicted octanol–water partition coefficient (Wildman–Crippen LogP) is 2.48. The Balaban J connectivity index is 2.13. The van der Waals surface area contributed by atoms with E-state index < -0.39 is 0 Å². The van der Waals surface area contributed by atoms with E-state index in [4.69, 9.17) is 4.74 Å². The fraction of sp³-hybridized carbons (Fsp3) is 0.300. The number of benzene rings is 1. The molecule has 1 aromatic carbocycles. The molecule has 1 fully saturated rings. The first-order valence-electron chi connectivity index (χ1n) is 4.56. The van der Waals surface area contributed by atoms with Crippen LogP contribution in [0.4, 0.5) is 0 Å². The van der Waals surface area contributed by atoms with Crippen LogP contribution in [-0.4, -0.2) is 18.6 Å². The van der Waals surface area contributed by atoms with Crippen molar-refractivity contribution in [1.29, 1.82) is 0 Å². The minimum atomic E-state index is -0.359. The lowest BCUT2D eigenvalue weighted by Gasteiger charge is -2.12. The van der Waals surface area contributed by atoms with Gasteiger partial charge in [-0.25, -0.2) is 0 Å². The summed E-state index contributed by atoms with van der Waals surface area (Å²) in [4.78, 5) is 11.3. The molecule has 0 unspecified atom stereocenters. The van der Waals surface area contributed by atoms with Crippen LogP contribution in [0.5, 0.6) is 5.75 Å². The second-order valence-corrected chi connectivity index (χ2v) is 5.03. The first kappa shape index (κ1) is 11.0. The summed E-state index contributed by atoms with van der Waals surface area (Å²) < 4.78 is 7.41. The average Bonchev–Trinajstić information content (AvgIpc) is 2.57. The van der Waals surface area contributed by atoms with Crippen molar-refractivity contribution in [1.82, 2.24) is 5.32 Å². The second-order valence-electron chi connectivity index (χ2n) is 3.26. The van der Waals surface area contributed by atoms with Gasteiger partial charge in [0.05, 0.1) is 4.47 Å². The molecule has 0 radical (unpaired) electrons. The van der Waals surface area contributed by atoms with Gasteiger partial charge in [0.25, 0.3) is 5.91 Å². The number of carbonyl (C=O) groups is 1. The van der Waals surface area contributed by atoms with Gasteiger partial charge >= 0.3 is 0 Å². The molecule has 1 heterocycles. The lowest BCUT2D eigenvalue weighted by atomic mass is 10.3. The molecule has 1 aromatic rings. The van der Waals surface area contributed by atoms with Crippen molar-refractivity contribution in [2.45, 2.75) is 12.5 Å². The summed E-state index contributed by atoms with van der Waals surface area (Å²) in [6.45, 7) is 0.692.